The molecule has 1 heterocycles. The Kier molecular flexibility index (Phi) is 2.53. The van der Waals surface area contributed by atoms with Crippen molar-refractivity contribution < 1.29 is 0 Å². The number of para-hydroxylation sites is 1. The van der Waals surface area contributed by atoms with Crippen LogP contribution >= 0.6 is 0 Å². The highest BCUT2D eigenvalue weighted by atomic mass is 14.9. The van der Waals surface area contributed by atoms with E-state index in [0.29, 0.717) is 6.04 Å². The van der Waals surface area contributed by atoms with E-state index in [2.05, 4.69) is 36.5 Å². The Morgan fingerprint density at radius 1 is 1.38 bits per heavy atom. The predicted octanol–water partition coefficient (Wildman–Crippen LogP) is 3.21. The zero-order valence-corrected chi connectivity index (χ0v) is 8.22. The van der Waals surface area contributed by atoms with Crippen molar-refractivity contribution in [3.8, 4) is 0 Å². The molecule has 1 aromatic rings. The average Bonchev–Trinajstić information content (AvgIpc) is 2.18. The van der Waals surface area contributed by atoms with Crippen LogP contribution in [0.25, 0.3) is 0 Å². The van der Waals surface area contributed by atoms with Crippen LogP contribution in [0.4, 0.5) is 5.69 Å². The third kappa shape index (κ3) is 1.85. The van der Waals surface area contributed by atoms with Gasteiger partial charge in [-0.1, -0.05) is 31.5 Å². The summed E-state index contributed by atoms with van der Waals surface area (Å²) >= 11 is 0. The fourth-order valence-electron chi connectivity index (χ4n) is 2.07. The number of aryl methyl sites for hydroxylation is 1. The highest BCUT2D eigenvalue weighted by molar-refractivity contribution is 5.53. The molecular formula is C12H17N. The van der Waals surface area contributed by atoms with Crippen LogP contribution in [0.3, 0.4) is 0 Å². The molecule has 0 saturated carbocycles. The van der Waals surface area contributed by atoms with Crippen molar-refractivity contribution >= 4 is 5.69 Å². The molecule has 2 rings (SSSR count). The lowest BCUT2D eigenvalue weighted by Gasteiger charge is -2.26. The van der Waals surface area contributed by atoms with Crippen LogP contribution in [-0.4, -0.2) is 6.04 Å². The summed E-state index contributed by atoms with van der Waals surface area (Å²) in [7, 11) is 0. The fraction of sp³-hybridized carbons (Fsp3) is 0.500. The van der Waals surface area contributed by atoms with E-state index in [-0.39, 0.29) is 0 Å². The third-order valence-corrected chi connectivity index (χ3v) is 2.78. The van der Waals surface area contributed by atoms with Crippen molar-refractivity contribution in [2.24, 2.45) is 0 Å². The Bertz CT molecular complexity index is 280. The molecule has 1 aromatic carbocycles. The number of benzene rings is 1. The van der Waals surface area contributed by atoms with Gasteiger partial charge in [0.15, 0.2) is 0 Å². The van der Waals surface area contributed by atoms with Crippen molar-refractivity contribution in [3.05, 3.63) is 29.8 Å². The first-order chi connectivity index (χ1) is 6.40. The van der Waals surface area contributed by atoms with Crippen LogP contribution in [0.1, 0.15) is 31.7 Å². The maximum Gasteiger partial charge on any atom is 0.0374 e. The molecule has 0 bridgehead atoms. The number of anilines is 1. The minimum atomic E-state index is 0.708. The molecular weight excluding hydrogens is 158 g/mol. The van der Waals surface area contributed by atoms with Crippen molar-refractivity contribution in [2.45, 2.75) is 38.6 Å². The summed E-state index contributed by atoms with van der Waals surface area (Å²) < 4.78 is 0. The highest BCUT2D eigenvalue weighted by Crippen LogP contribution is 2.25. The molecule has 1 aliphatic heterocycles. The minimum Gasteiger partial charge on any atom is -0.382 e. The van der Waals surface area contributed by atoms with Gasteiger partial charge >= 0.3 is 0 Å². The maximum absolute atomic E-state index is 3.60. The van der Waals surface area contributed by atoms with Gasteiger partial charge in [-0.25, -0.2) is 0 Å². The molecule has 0 spiro atoms. The quantitative estimate of drug-likeness (QED) is 0.727. The summed E-state index contributed by atoms with van der Waals surface area (Å²) in [4.78, 5) is 0. The number of nitrogens with one attached hydrogen (secondary N) is 1. The van der Waals surface area contributed by atoms with Gasteiger partial charge in [0.05, 0.1) is 0 Å². The van der Waals surface area contributed by atoms with Gasteiger partial charge in [0, 0.05) is 11.7 Å². The first-order valence-electron chi connectivity index (χ1n) is 5.24. The van der Waals surface area contributed by atoms with Gasteiger partial charge in [0.2, 0.25) is 0 Å². The molecule has 0 radical (unpaired) electrons. The van der Waals surface area contributed by atoms with Crippen molar-refractivity contribution in [2.75, 3.05) is 5.32 Å². The molecule has 1 heteroatoms. The van der Waals surface area contributed by atoms with E-state index in [1.807, 2.05) is 0 Å². The van der Waals surface area contributed by atoms with E-state index in [9.17, 15) is 0 Å². The van der Waals surface area contributed by atoms with E-state index in [4.69, 9.17) is 0 Å². The minimum absolute atomic E-state index is 0.708. The summed E-state index contributed by atoms with van der Waals surface area (Å²) in [5, 5.41) is 3.60. The number of fused-ring (bicyclic) bond motifs is 1. The van der Waals surface area contributed by atoms with Crippen LogP contribution in [0.2, 0.25) is 0 Å². The lowest BCUT2D eigenvalue weighted by Crippen LogP contribution is -2.24. The van der Waals surface area contributed by atoms with Crippen molar-refractivity contribution in [1.29, 1.82) is 0 Å². The van der Waals surface area contributed by atoms with Crippen molar-refractivity contribution in [1.82, 2.24) is 0 Å². The van der Waals surface area contributed by atoms with Crippen LogP contribution in [0.15, 0.2) is 24.3 Å². The second-order valence-corrected chi connectivity index (χ2v) is 3.83. The lowest BCUT2D eigenvalue weighted by molar-refractivity contribution is 0.579. The Labute approximate surface area is 80.2 Å². The third-order valence-electron chi connectivity index (χ3n) is 2.78. The normalized spacial score (nSPS) is 20.5. The molecule has 0 amide bonds. The monoisotopic (exact) mass is 175 g/mol. The first-order valence-corrected chi connectivity index (χ1v) is 5.24. The molecule has 70 valence electrons. The van der Waals surface area contributed by atoms with E-state index in [1.165, 1.54) is 36.9 Å². The van der Waals surface area contributed by atoms with Gasteiger partial charge in [-0.2, -0.15) is 0 Å². The van der Waals surface area contributed by atoms with E-state index < -0.39 is 0 Å². The second-order valence-electron chi connectivity index (χ2n) is 3.83. The van der Waals surface area contributed by atoms with Gasteiger partial charge in [-0.05, 0) is 30.9 Å². The van der Waals surface area contributed by atoms with E-state index >= 15 is 0 Å². The highest BCUT2D eigenvalue weighted by Gasteiger charge is 2.15. The molecule has 1 atom stereocenters. The van der Waals surface area contributed by atoms with Crippen LogP contribution in [-0.2, 0) is 6.42 Å². The maximum atomic E-state index is 3.60. The standard InChI is InChI=1S/C12H17N/c1-2-5-11-9-8-10-6-3-4-7-12(10)13-11/h3-4,6-7,11,13H,2,5,8-9H2,1H3/t11-/m1/s1. The van der Waals surface area contributed by atoms with Crippen molar-refractivity contribution in [3.63, 3.8) is 0 Å². The molecule has 0 aliphatic carbocycles. The van der Waals surface area contributed by atoms with Crippen LogP contribution in [0.5, 0.6) is 0 Å². The van der Waals surface area contributed by atoms with Gasteiger partial charge in [-0.3, -0.25) is 0 Å². The molecule has 0 aromatic heterocycles. The lowest BCUT2D eigenvalue weighted by atomic mass is 9.96. The zero-order chi connectivity index (χ0) is 9.10. The molecule has 1 N–H and O–H groups in total. The fourth-order valence-corrected chi connectivity index (χ4v) is 2.07. The van der Waals surface area contributed by atoms with Crippen LogP contribution in [0, 0.1) is 0 Å². The summed E-state index contributed by atoms with van der Waals surface area (Å²) in [5.41, 5.74) is 2.84. The number of hydrogen-bond acceptors (Lipinski definition) is 1. The summed E-state index contributed by atoms with van der Waals surface area (Å²) in [6.07, 6.45) is 5.12. The van der Waals surface area contributed by atoms with Gasteiger partial charge in [0.1, 0.15) is 0 Å². The summed E-state index contributed by atoms with van der Waals surface area (Å²) in [5.74, 6) is 0. The molecule has 0 fully saturated rings. The Balaban J connectivity index is 2.11. The molecule has 0 saturated heterocycles. The largest absolute Gasteiger partial charge is 0.382 e. The van der Waals surface area contributed by atoms with E-state index in [0.717, 1.165) is 0 Å². The van der Waals surface area contributed by atoms with Gasteiger partial charge in [0.25, 0.3) is 0 Å². The molecule has 1 aliphatic rings. The Hall–Kier alpha value is -0.980. The molecule has 13 heavy (non-hydrogen) atoms. The average molecular weight is 175 g/mol. The first kappa shape index (κ1) is 8.61. The Morgan fingerprint density at radius 3 is 3.08 bits per heavy atom. The Morgan fingerprint density at radius 2 is 2.23 bits per heavy atom. The van der Waals surface area contributed by atoms with Crippen LogP contribution < -0.4 is 5.32 Å². The summed E-state index contributed by atoms with van der Waals surface area (Å²) in [6.45, 7) is 2.25. The number of rotatable bonds is 2. The number of hydrogen-bond donors (Lipinski definition) is 1. The molecule has 1 nitrogen and oxygen atoms in total. The predicted molar refractivity (Wildman–Crippen MR) is 57.1 cm³/mol. The van der Waals surface area contributed by atoms with Gasteiger partial charge < -0.3 is 5.32 Å². The van der Waals surface area contributed by atoms with E-state index in [1.54, 1.807) is 0 Å². The second kappa shape index (κ2) is 3.82. The summed E-state index contributed by atoms with van der Waals surface area (Å²) in [6, 6.07) is 9.36. The smallest absolute Gasteiger partial charge is 0.0374 e. The SMILES string of the molecule is CCC[C@@H]1CCc2ccccc2N1. The zero-order valence-electron chi connectivity index (χ0n) is 8.22. The molecule has 0 unspecified atom stereocenters. The van der Waals surface area contributed by atoms with Gasteiger partial charge in [-0.15, -0.1) is 0 Å². The topological polar surface area (TPSA) is 12.0 Å².